The second-order valence-electron chi connectivity index (χ2n) is 15.2. The number of carbonyl (C=O) groups is 3. The van der Waals surface area contributed by atoms with Crippen LogP contribution in [-0.4, -0.2) is 102 Å². The Morgan fingerprint density at radius 2 is 1.95 bits per heavy atom. The number of nitrogens with one attached hydrogen (secondary N) is 3. The van der Waals surface area contributed by atoms with Gasteiger partial charge in [-0.05, 0) is 0 Å². The van der Waals surface area contributed by atoms with Gasteiger partial charge in [-0.15, -0.1) is 0 Å². The first-order valence-electron chi connectivity index (χ1n) is 18.5. The molecule has 5 aliphatic heterocycles. The molecule has 8 bridgehead atoms. The molecule has 284 valence electrons. The topological polar surface area (TPSA) is 155 Å². The monoisotopic (exact) mass is 886 g/mol. The number of carboxylic acids is 1. The first-order valence-corrected chi connectivity index (χ1v) is 24.5. The molecule has 0 spiro atoms. The third-order valence-corrected chi connectivity index (χ3v) is 22.7. The molecule has 55 heavy (non-hydrogen) atoms. The van der Waals surface area contributed by atoms with Gasteiger partial charge < -0.3 is 0 Å². The molecule has 2 aromatic carbocycles. The number of hydrogen-bond donors (Lipinski definition) is 4. The number of nitrogens with zero attached hydrogens (tertiary/aromatic N) is 3. The maximum absolute atomic E-state index is 13.7. The molecule has 0 unspecified atom stereocenters. The van der Waals surface area contributed by atoms with Crippen LogP contribution in [0.3, 0.4) is 0 Å². The van der Waals surface area contributed by atoms with E-state index in [2.05, 4.69) is 44.0 Å². The third-order valence-electron chi connectivity index (χ3n) is 11.5. The van der Waals surface area contributed by atoms with Crippen LogP contribution in [0.25, 0.3) is 0 Å². The minimum atomic E-state index is -3.39. The predicted octanol–water partition coefficient (Wildman–Crippen LogP) is 3.81. The number of carbonyl (C=O) groups excluding carboxylic acids is 2. The minimum absolute atomic E-state index is 0.0662. The first-order chi connectivity index (χ1) is 26.5. The maximum atomic E-state index is 13.7. The molecule has 0 radical (unpaired) electrons. The number of carboxylic acid groups (broad SMARTS) is 1. The molecule has 2 saturated heterocycles. The van der Waals surface area contributed by atoms with Crippen LogP contribution in [0.5, 0.6) is 11.8 Å². The van der Waals surface area contributed by atoms with Gasteiger partial charge >= 0.3 is 334 Å². The quantitative estimate of drug-likeness (QED) is 0.185. The summed E-state index contributed by atoms with van der Waals surface area (Å²) in [6.45, 7) is 4.57. The zero-order valence-corrected chi connectivity index (χ0v) is 35.3. The molecule has 15 heteroatoms. The summed E-state index contributed by atoms with van der Waals surface area (Å²) in [7, 11) is 1.56. The number of rotatable bonds is 10. The number of hydrogen-bond acceptors (Lipinski definition) is 9. The number of anilines is 1. The Hall–Kier alpha value is -3.88. The van der Waals surface area contributed by atoms with Crippen LogP contribution in [0.15, 0.2) is 60.8 Å². The van der Waals surface area contributed by atoms with Crippen molar-refractivity contribution < 1.29 is 29.0 Å². The van der Waals surface area contributed by atoms with Crippen LogP contribution in [0, 0.1) is 5.41 Å². The van der Waals surface area contributed by atoms with E-state index >= 15 is 0 Å². The van der Waals surface area contributed by atoms with Gasteiger partial charge in [0, 0.05) is 0 Å². The van der Waals surface area contributed by atoms with Crippen molar-refractivity contribution in [3.63, 3.8) is 0 Å². The summed E-state index contributed by atoms with van der Waals surface area (Å²) in [5.41, 5.74) is 3.58. The average Bonchev–Trinajstić information content (AvgIpc) is 3.88. The summed E-state index contributed by atoms with van der Waals surface area (Å²) in [6.07, 6.45) is 4.27. The van der Waals surface area contributed by atoms with E-state index in [9.17, 15) is 19.5 Å². The number of benzene rings is 2. The van der Waals surface area contributed by atoms with Gasteiger partial charge in [0.1, 0.15) is 0 Å². The number of methoxy groups -OCH3 is 1. The predicted molar refractivity (Wildman–Crippen MR) is 211 cm³/mol. The van der Waals surface area contributed by atoms with Crippen LogP contribution >= 0.6 is 23.2 Å². The van der Waals surface area contributed by atoms with E-state index in [0.717, 1.165) is 26.4 Å². The van der Waals surface area contributed by atoms with Crippen molar-refractivity contribution in [2.45, 2.75) is 55.0 Å². The second kappa shape index (κ2) is 15.6. The van der Waals surface area contributed by atoms with Crippen LogP contribution < -0.4 is 32.1 Å². The molecule has 4 aromatic rings. The molecule has 4 N–H and O–H groups in total. The Kier molecular flexibility index (Phi) is 10.8. The van der Waals surface area contributed by atoms with Crippen molar-refractivity contribution in [3.8, 4) is 11.8 Å². The fourth-order valence-corrected chi connectivity index (χ4v) is 20.1. The summed E-state index contributed by atoms with van der Waals surface area (Å²) in [6, 6.07) is 17.7. The summed E-state index contributed by atoms with van der Waals surface area (Å²) in [5.74, 6) is -0.150. The van der Waals surface area contributed by atoms with E-state index < -0.39 is 32.8 Å². The van der Waals surface area contributed by atoms with Crippen LogP contribution in [0.4, 0.5) is 5.82 Å². The van der Waals surface area contributed by atoms with E-state index in [1.54, 1.807) is 25.4 Å². The van der Waals surface area contributed by atoms with E-state index in [4.69, 9.17) is 37.7 Å². The van der Waals surface area contributed by atoms with Crippen molar-refractivity contribution in [1.29, 1.82) is 0 Å². The Labute approximate surface area is 336 Å². The number of aliphatic carboxylic acids is 1. The van der Waals surface area contributed by atoms with Gasteiger partial charge in [0.15, 0.2) is 0 Å². The number of pyridine rings is 2. The van der Waals surface area contributed by atoms with Gasteiger partial charge in [-0.25, -0.2) is 0 Å². The van der Waals surface area contributed by atoms with Gasteiger partial charge in [0.25, 0.3) is 0 Å². The Bertz CT molecular complexity index is 2170. The summed E-state index contributed by atoms with van der Waals surface area (Å²) in [4.78, 5) is 49.2. The van der Waals surface area contributed by atoms with E-state index in [1.807, 2.05) is 31.2 Å². The molecule has 2 fully saturated rings. The van der Waals surface area contributed by atoms with Gasteiger partial charge in [-0.3, -0.25) is 4.79 Å². The molecule has 9 rings (SSSR count). The van der Waals surface area contributed by atoms with E-state index in [1.165, 1.54) is 8.88 Å². The summed E-state index contributed by atoms with van der Waals surface area (Å²) >= 11 is 10.8. The van der Waals surface area contributed by atoms with Gasteiger partial charge in [-0.1, -0.05) is 0 Å². The summed E-state index contributed by atoms with van der Waals surface area (Å²) in [5, 5.41) is 20.0. The molecule has 5 aliphatic rings. The zero-order chi connectivity index (χ0) is 38.4. The van der Waals surface area contributed by atoms with Crippen molar-refractivity contribution in [1.82, 2.24) is 25.5 Å². The number of ether oxygens (including phenoxy) is 2. The Morgan fingerprint density at radius 1 is 1.13 bits per heavy atom. The fraction of sp³-hybridized carbons (Fsp3) is 0.375. The third kappa shape index (κ3) is 7.53. The number of halogens is 2. The van der Waals surface area contributed by atoms with E-state index in [0.29, 0.717) is 79.3 Å². The average molecular weight is 888 g/mol. The van der Waals surface area contributed by atoms with Crippen LogP contribution in [0.2, 0.25) is 10.0 Å². The van der Waals surface area contributed by atoms with Gasteiger partial charge in [0.05, 0.1) is 0 Å². The number of likely N-dealkylation sites (tertiary alicyclic amines) is 1. The normalized spacial score (nSPS) is 23.1. The molecule has 4 atom stereocenters. The number of fused-ring (bicyclic) bond motifs is 3. The molecule has 12 nitrogen and oxygen atoms in total. The van der Waals surface area contributed by atoms with Crippen molar-refractivity contribution in [3.05, 3.63) is 98.7 Å². The van der Waals surface area contributed by atoms with Gasteiger partial charge in [-0.2, -0.15) is 0 Å². The van der Waals surface area contributed by atoms with Gasteiger partial charge in [0.2, 0.25) is 0 Å². The Morgan fingerprint density at radius 3 is 2.67 bits per heavy atom. The SMILES string of the molecule is COc1nc(O[C@@H]2Cc3c4ccc[c]3[In]2[c]2cccc(c2Cl)C(=O)Nc2ccc(cn2)[C@@H]4CN2CC[C@@](C)(C(=O)O)C2)c(Cl)cc1CNC[C@@H]1CCC(=O)N1. The van der Waals surface area contributed by atoms with Crippen molar-refractivity contribution >= 4 is 74.9 Å². The molecule has 0 aliphatic carbocycles. The molecule has 7 heterocycles. The molecular formula is C40H41Cl2InN6O6. The zero-order valence-electron chi connectivity index (χ0n) is 30.5. The fourth-order valence-electron chi connectivity index (χ4n) is 8.57. The molecule has 2 aromatic heterocycles. The van der Waals surface area contributed by atoms with Crippen molar-refractivity contribution in [2.75, 3.05) is 38.6 Å². The van der Waals surface area contributed by atoms with E-state index in [-0.39, 0.29) is 33.5 Å². The Balaban J connectivity index is 1.17. The molecular weight excluding hydrogens is 846 g/mol. The first kappa shape index (κ1) is 38.0. The number of amides is 2. The molecule has 2 amide bonds. The standard InChI is InChI=1S/C40H41Cl2N6O6.In/c1-40(39(51)52)16-17-48(24-40)23-31(26-11-13-34(44-21-26)46-36(50)30-9-5-6-10-32(30)41)29-8-4-3-7-25(29)15-18-54-38-33(42)19-27(37(47-38)53-2)20-43-22-28-12-14-35(49)45-28;/h3-6,8-9,11,13,18-19,21,28,31,43H,12,14-17,20,22-24H2,1-2H3,(H,45,49)(H,51,52)(H,44,46,50);/t28-,31-,40+;/m0./s1. The van der Waals surface area contributed by atoms with Crippen LogP contribution in [-0.2, 0) is 22.6 Å². The number of aromatic nitrogens is 2. The van der Waals surface area contributed by atoms with Crippen molar-refractivity contribution in [2.24, 2.45) is 5.41 Å². The second-order valence-corrected chi connectivity index (χ2v) is 24.4. The molecule has 0 saturated carbocycles. The summed E-state index contributed by atoms with van der Waals surface area (Å²) < 4.78 is 14.5. The van der Waals surface area contributed by atoms with Crippen LogP contribution in [0.1, 0.15) is 64.7 Å².